The van der Waals surface area contributed by atoms with Crippen molar-refractivity contribution in [3.05, 3.63) is 54.5 Å². The van der Waals surface area contributed by atoms with Crippen molar-refractivity contribution in [3.8, 4) is 11.4 Å². The number of hydrogen-bond donors (Lipinski definition) is 1. The highest BCUT2D eigenvalue weighted by atomic mass is 32.2. The highest BCUT2D eigenvalue weighted by Crippen LogP contribution is 2.26. The average Bonchev–Trinajstić information content (AvgIpc) is 3.48. The van der Waals surface area contributed by atoms with Crippen molar-refractivity contribution in [1.29, 1.82) is 0 Å². The molecule has 146 valence electrons. The second-order valence-corrected chi connectivity index (χ2v) is 7.51. The Balaban J connectivity index is 1.44. The number of aromatic nitrogens is 3. The monoisotopic (exact) mass is 398 g/mol. The summed E-state index contributed by atoms with van der Waals surface area (Å²) < 4.78 is 13.1. The summed E-state index contributed by atoms with van der Waals surface area (Å²) >= 11 is 1.38. The molecule has 1 unspecified atom stereocenters. The fraction of sp³-hybridized carbons (Fsp3) is 0.350. The number of rotatable bonds is 8. The van der Waals surface area contributed by atoms with Crippen molar-refractivity contribution in [2.75, 3.05) is 12.4 Å². The predicted octanol–water partition coefficient (Wildman–Crippen LogP) is 3.13. The average molecular weight is 398 g/mol. The zero-order valence-corrected chi connectivity index (χ0v) is 16.2. The van der Waals surface area contributed by atoms with E-state index < -0.39 is 0 Å². The number of benzene rings is 1. The number of amides is 1. The summed E-state index contributed by atoms with van der Waals surface area (Å²) in [5, 5.41) is 12.3. The molecule has 0 aliphatic carbocycles. The molecular formula is C20H22N4O3S. The summed E-state index contributed by atoms with van der Waals surface area (Å²) in [6.07, 6.45) is 3.85. The van der Waals surface area contributed by atoms with E-state index in [0.29, 0.717) is 13.1 Å². The first kappa shape index (κ1) is 18.8. The van der Waals surface area contributed by atoms with Gasteiger partial charge >= 0.3 is 0 Å². The van der Waals surface area contributed by atoms with Gasteiger partial charge in [0, 0.05) is 12.2 Å². The van der Waals surface area contributed by atoms with Gasteiger partial charge in [-0.05, 0) is 25.0 Å². The van der Waals surface area contributed by atoms with Gasteiger partial charge in [0.15, 0.2) is 11.0 Å². The Morgan fingerprint density at radius 1 is 1.21 bits per heavy atom. The molecule has 2 aromatic heterocycles. The molecule has 0 saturated carbocycles. The standard InChI is InChI=1S/C20H22N4O3S/c25-18(21-12-16-8-4-10-26-16)14-28-20-23-22-19(15-6-2-1-3-7-15)24(20)13-17-9-5-11-27-17/h1-4,6-8,10,17H,5,9,11-14H2,(H,21,25). The lowest BCUT2D eigenvalue weighted by Gasteiger charge is -2.14. The van der Waals surface area contributed by atoms with Crippen LogP contribution in [0.15, 0.2) is 58.3 Å². The zero-order valence-electron chi connectivity index (χ0n) is 15.4. The lowest BCUT2D eigenvalue weighted by Crippen LogP contribution is -2.24. The Hall–Kier alpha value is -2.58. The molecule has 0 bridgehead atoms. The minimum atomic E-state index is -0.0747. The van der Waals surface area contributed by atoms with E-state index in [9.17, 15) is 4.79 Å². The van der Waals surface area contributed by atoms with Crippen LogP contribution < -0.4 is 5.32 Å². The number of furan rings is 1. The van der Waals surface area contributed by atoms with E-state index in [1.165, 1.54) is 11.8 Å². The Kier molecular flexibility index (Phi) is 6.08. The maximum absolute atomic E-state index is 12.2. The summed E-state index contributed by atoms with van der Waals surface area (Å²) in [7, 11) is 0. The molecule has 3 heterocycles. The minimum absolute atomic E-state index is 0.0747. The number of nitrogens with zero attached hydrogens (tertiary/aromatic N) is 3. The molecule has 1 fully saturated rings. The second-order valence-electron chi connectivity index (χ2n) is 6.56. The minimum Gasteiger partial charge on any atom is -0.467 e. The third-order valence-corrected chi connectivity index (χ3v) is 5.50. The van der Waals surface area contributed by atoms with E-state index in [0.717, 1.165) is 41.8 Å². The first-order valence-electron chi connectivity index (χ1n) is 9.31. The first-order chi connectivity index (χ1) is 13.8. The molecule has 28 heavy (non-hydrogen) atoms. The van der Waals surface area contributed by atoms with E-state index in [4.69, 9.17) is 9.15 Å². The molecule has 1 amide bonds. The van der Waals surface area contributed by atoms with Crippen LogP contribution in [0, 0.1) is 0 Å². The maximum Gasteiger partial charge on any atom is 0.230 e. The molecule has 0 radical (unpaired) electrons. The molecule has 1 N–H and O–H groups in total. The van der Waals surface area contributed by atoms with E-state index >= 15 is 0 Å². The third kappa shape index (κ3) is 4.63. The van der Waals surface area contributed by atoms with Gasteiger partial charge in [-0.3, -0.25) is 9.36 Å². The second kappa shape index (κ2) is 9.07. The van der Waals surface area contributed by atoms with E-state index in [-0.39, 0.29) is 17.8 Å². The highest BCUT2D eigenvalue weighted by Gasteiger charge is 2.22. The normalized spacial score (nSPS) is 16.4. The van der Waals surface area contributed by atoms with Crippen molar-refractivity contribution in [1.82, 2.24) is 20.1 Å². The SMILES string of the molecule is O=C(CSc1nnc(-c2ccccc2)n1CC1CCCO1)NCc1ccco1. The van der Waals surface area contributed by atoms with Gasteiger partial charge in [0.25, 0.3) is 0 Å². The van der Waals surface area contributed by atoms with Crippen LogP contribution in [0.2, 0.25) is 0 Å². The topological polar surface area (TPSA) is 82.2 Å². The van der Waals surface area contributed by atoms with E-state index in [1.807, 2.05) is 36.4 Å². The van der Waals surface area contributed by atoms with Crippen LogP contribution in [0.1, 0.15) is 18.6 Å². The Morgan fingerprint density at radius 3 is 2.86 bits per heavy atom. The predicted molar refractivity (Wildman–Crippen MR) is 106 cm³/mol. The molecule has 1 aromatic carbocycles. The van der Waals surface area contributed by atoms with Crippen LogP contribution in [-0.4, -0.2) is 39.1 Å². The summed E-state index contributed by atoms with van der Waals surface area (Å²) in [6.45, 7) is 1.86. The molecule has 1 aliphatic heterocycles. The molecule has 7 nitrogen and oxygen atoms in total. The van der Waals surface area contributed by atoms with Crippen molar-refractivity contribution in [2.24, 2.45) is 0 Å². The number of ether oxygens (including phenoxy) is 1. The molecule has 3 aromatic rings. The van der Waals surface area contributed by atoms with Gasteiger partial charge in [0.05, 0.1) is 31.2 Å². The van der Waals surface area contributed by atoms with Crippen molar-refractivity contribution >= 4 is 17.7 Å². The summed E-state index contributed by atoms with van der Waals surface area (Å²) in [6, 6.07) is 13.6. The Morgan fingerprint density at radius 2 is 2.11 bits per heavy atom. The summed E-state index contributed by atoms with van der Waals surface area (Å²) in [5.74, 6) is 1.72. The van der Waals surface area contributed by atoms with Crippen LogP contribution in [0.25, 0.3) is 11.4 Å². The van der Waals surface area contributed by atoms with Crippen LogP contribution >= 0.6 is 11.8 Å². The molecule has 4 rings (SSSR count). The quantitative estimate of drug-likeness (QED) is 0.587. The highest BCUT2D eigenvalue weighted by molar-refractivity contribution is 7.99. The molecule has 0 spiro atoms. The summed E-state index contributed by atoms with van der Waals surface area (Å²) in [4.78, 5) is 12.2. The molecular weight excluding hydrogens is 376 g/mol. The van der Waals surface area contributed by atoms with E-state index in [1.54, 1.807) is 12.3 Å². The van der Waals surface area contributed by atoms with Crippen LogP contribution in [-0.2, 0) is 22.6 Å². The van der Waals surface area contributed by atoms with Gasteiger partial charge in [0.2, 0.25) is 5.91 Å². The van der Waals surface area contributed by atoms with Gasteiger partial charge in [-0.15, -0.1) is 10.2 Å². The van der Waals surface area contributed by atoms with Gasteiger partial charge in [-0.2, -0.15) is 0 Å². The lowest BCUT2D eigenvalue weighted by atomic mass is 10.2. The van der Waals surface area contributed by atoms with Crippen LogP contribution in [0.5, 0.6) is 0 Å². The van der Waals surface area contributed by atoms with Crippen molar-refractivity contribution in [3.63, 3.8) is 0 Å². The van der Waals surface area contributed by atoms with Crippen molar-refractivity contribution < 1.29 is 13.9 Å². The fourth-order valence-electron chi connectivity index (χ4n) is 3.13. The van der Waals surface area contributed by atoms with Gasteiger partial charge in [0.1, 0.15) is 5.76 Å². The smallest absolute Gasteiger partial charge is 0.230 e. The zero-order chi connectivity index (χ0) is 19.2. The molecule has 1 atom stereocenters. The van der Waals surface area contributed by atoms with E-state index in [2.05, 4.69) is 20.1 Å². The van der Waals surface area contributed by atoms with Crippen LogP contribution in [0.3, 0.4) is 0 Å². The lowest BCUT2D eigenvalue weighted by molar-refractivity contribution is -0.118. The fourth-order valence-corrected chi connectivity index (χ4v) is 3.91. The number of carbonyl (C=O) groups is 1. The maximum atomic E-state index is 12.2. The number of thioether (sulfide) groups is 1. The first-order valence-corrected chi connectivity index (χ1v) is 10.3. The third-order valence-electron chi connectivity index (χ3n) is 4.53. The molecule has 1 saturated heterocycles. The Bertz CT molecular complexity index is 890. The van der Waals surface area contributed by atoms with Crippen LogP contribution in [0.4, 0.5) is 0 Å². The molecule has 8 heteroatoms. The molecule has 1 aliphatic rings. The number of carbonyl (C=O) groups excluding carboxylic acids is 1. The largest absolute Gasteiger partial charge is 0.467 e. The number of nitrogens with one attached hydrogen (secondary N) is 1. The number of hydrogen-bond acceptors (Lipinski definition) is 6. The summed E-state index contributed by atoms with van der Waals surface area (Å²) in [5.41, 5.74) is 1.00. The van der Waals surface area contributed by atoms with Gasteiger partial charge < -0.3 is 14.5 Å². The van der Waals surface area contributed by atoms with Gasteiger partial charge in [-0.1, -0.05) is 42.1 Å². The van der Waals surface area contributed by atoms with Crippen molar-refractivity contribution in [2.45, 2.75) is 37.2 Å². The van der Waals surface area contributed by atoms with Gasteiger partial charge in [-0.25, -0.2) is 0 Å². The Labute approximate surface area is 167 Å².